The number of ether oxygens (including phenoxy) is 1. The first kappa shape index (κ1) is 23.7. The highest BCUT2D eigenvalue weighted by atomic mass is 32.2. The predicted octanol–water partition coefficient (Wildman–Crippen LogP) is 2.54. The molecule has 12 heteroatoms. The summed E-state index contributed by atoms with van der Waals surface area (Å²) in [7, 11) is -3.18. The van der Waals surface area contributed by atoms with Gasteiger partial charge in [0.25, 0.3) is 0 Å². The first-order valence-electron chi connectivity index (χ1n) is 12.1. The number of aromatic nitrogens is 4. The first-order valence-corrected chi connectivity index (χ1v) is 14.8. The monoisotopic (exact) mass is 527 g/mol. The molecule has 2 fully saturated rings. The third-order valence-corrected chi connectivity index (χ3v) is 9.32. The molecule has 0 unspecified atom stereocenters. The van der Waals surface area contributed by atoms with Gasteiger partial charge in [0.2, 0.25) is 10.0 Å². The number of benzene rings is 1. The highest BCUT2D eigenvalue weighted by Gasteiger charge is 2.30. The summed E-state index contributed by atoms with van der Waals surface area (Å²) in [6, 6.07) is 8.20. The first-order chi connectivity index (χ1) is 17.4. The zero-order valence-electron chi connectivity index (χ0n) is 20.3. The Morgan fingerprint density at radius 2 is 1.97 bits per heavy atom. The number of anilines is 1. The van der Waals surface area contributed by atoms with Crippen LogP contribution in [0, 0.1) is 0 Å². The van der Waals surface area contributed by atoms with E-state index in [4.69, 9.17) is 14.7 Å². The highest BCUT2D eigenvalue weighted by molar-refractivity contribution is 7.88. The van der Waals surface area contributed by atoms with Crippen molar-refractivity contribution in [2.45, 2.75) is 19.5 Å². The van der Waals surface area contributed by atoms with Crippen LogP contribution in [0.2, 0.25) is 0 Å². The van der Waals surface area contributed by atoms with Crippen molar-refractivity contribution in [2.24, 2.45) is 0 Å². The fraction of sp³-hybridized carbons (Fsp3) is 0.458. The number of nitrogens with one attached hydrogen (secondary N) is 1. The molecule has 0 radical (unpaired) electrons. The molecule has 0 amide bonds. The Hall–Kier alpha value is -2.64. The second-order valence-corrected chi connectivity index (χ2v) is 12.5. The summed E-state index contributed by atoms with van der Waals surface area (Å²) in [4.78, 5) is 16.8. The molecular formula is C24H29N7O3S2. The molecule has 5 heterocycles. The number of sulfonamides is 1. The molecule has 0 spiro atoms. The standard InChI is InChI=1S/C24H29N7O3S2/c1-16-14-29(6-7-31(16)36(2,32)33)15-17-12-19-23(30-8-10-34-11-9-30)26-22(27-24(19)35-17)18-4-3-5-21-20(18)13-25-28-21/h3-5,12-13,16H,6-11,14-15H2,1-2H3,(H,25,28)/t16-/m0/s1. The van der Waals surface area contributed by atoms with Gasteiger partial charge in [-0.3, -0.25) is 10.00 Å². The maximum Gasteiger partial charge on any atom is 0.211 e. The van der Waals surface area contributed by atoms with Crippen LogP contribution in [-0.4, -0.2) is 96.0 Å². The molecule has 2 aliphatic heterocycles. The molecule has 1 N–H and O–H groups in total. The van der Waals surface area contributed by atoms with E-state index in [9.17, 15) is 8.42 Å². The van der Waals surface area contributed by atoms with Crippen molar-refractivity contribution in [3.63, 3.8) is 0 Å². The molecule has 0 bridgehead atoms. The minimum atomic E-state index is -3.18. The van der Waals surface area contributed by atoms with Crippen LogP contribution in [0.25, 0.3) is 32.5 Å². The lowest BCUT2D eigenvalue weighted by Gasteiger charge is -2.38. The number of piperazine rings is 1. The third-order valence-electron chi connectivity index (χ3n) is 6.92. The van der Waals surface area contributed by atoms with Gasteiger partial charge in [-0.15, -0.1) is 11.3 Å². The fourth-order valence-corrected chi connectivity index (χ4v) is 7.41. The molecule has 2 saturated heterocycles. The third kappa shape index (κ3) is 4.48. The van der Waals surface area contributed by atoms with Gasteiger partial charge < -0.3 is 9.64 Å². The molecule has 1 atom stereocenters. The van der Waals surface area contributed by atoms with Gasteiger partial charge in [-0.2, -0.15) is 9.40 Å². The van der Waals surface area contributed by atoms with Gasteiger partial charge in [-0.05, 0) is 19.1 Å². The Labute approximate surface area is 213 Å². The van der Waals surface area contributed by atoms with E-state index in [-0.39, 0.29) is 6.04 Å². The maximum absolute atomic E-state index is 12.1. The Morgan fingerprint density at radius 1 is 1.14 bits per heavy atom. The van der Waals surface area contributed by atoms with Gasteiger partial charge in [0, 0.05) is 61.1 Å². The van der Waals surface area contributed by atoms with E-state index in [0.29, 0.717) is 38.7 Å². The van der Waals surface area contributed by atoms with E-state index >= 15 is 0 Å². The second-order valence-electron chi connectivity index (χ2n) is 9.50. The van der Waals surface area contributed by atoms with E-state index in [2.05, 4.69) is 26.1 Å². The van der Waals surface area contributed by atoms with E-state index in [1.807, 2.05) is 31.3 Å². The van der Waals surface area contributed by atoms with Crippen LogP contribution >= 0.6 is 11.3 Å². The number of hydrogen-bond acceptors (Lipinski definition) is 9. The Balaban J connectivity index is 1.36. The van der Waals surface area contributed by atoms with Crippen LogP contribution in [0.5, 0.6) is 0 Å². The summed E-state index contributed by atoms with van der Waals surface area (Å²) in [6.07, 6.45) is 3.11. The molecular weight excluding hydrogens is 498 g/mol. The van der Waals surface area contributed by atoms with Crippen molar-refractivity contribution in [1.82, 2.24) is 29.4 Å². The summed E-state index contributed by atoms with van der Waals surface area (Å²) in [6.45, 7) is 7.60. The number of thiophene rings is 1. The van der Waals surface area contributed by atoms with Crippen molar-refractivity contribution in [3.8, 4) is 11.4 Å². The highest BCUT2D eigenvalue weighted by Crippen LogP contribution is 2.36. The average Bonchev–Trinajstić information content (AvgIpc) is 3.49. The molecule has 36 heavy (non-hydrogen) atoms. The van der Waals surface area contributed by atoms with Crippen molar-refractivity contribution in [2.75, 3.05) is 57.1 Å². The van der Waals surface area contributed by atoms with Crippen LogP contribution in [0.1, 0.15) is 11.8 Å². The zero-order valence-corrected chi connectivity index (χ0v) is 22.0. The number of nitrogens with zero attached hydrogens (tertiary/aromatic N) is 6. The van der Waals surface area contributed by atoms with Crippen molar-refractivity contribution in [1.29, 1.82) is 0 Å². The zero-order chi connectivity index (χ0) is 24.9. The molecule has 3 aromatic heterocycles. The lowest BCUT2D eigenvalue weighted by Crippen LogP contribution is -2.53. The number of aromatic amines is 1. The summed E-state index contributed by atoms with van der Waals surface area (Å²) < 4.78 is 31.3. The quantitative estimate of drug-likeness (QED) is 0.422. The average molecular weight is 528 g/mol. The lowest BCUT2D eigenvalue weighted by molar-refractivity contribution is 0.122. The van der Waals surface area contributed by atoms with Gasteiger partial charge in [-0.25, -0.2) is 18.4 Å². The fourth-order valence-electron chi connectivity index (χ4n) is 5.21. The van der Waals surface area contributed by atoms with Gasteiger partial charge >= 0.3 is 0 Å². The Kier molecular flexibility index (Phi) is 6.16. The van der Waals surface area contributed by atoms with Crippen molar-refractivity contribution >= 4 is 48.3 Å². The predicted molar refractivity (Wildman–Crippen MR) is 142 cm³/mol. The number of hydrogen-bond donors (Lipinski definition) is 1. The number of morpholine rings is 1. The van der Waals surface area contributed by atoms with Crippen molar-refractivity contribution in [3.05, 3.63) is 35.3 Å². The second kappa shape index (κ2) is 9.34. The van der Waals surface area contributed by atoms with E-state index in [0.717, 1.165) is 52.1 Å². The van der Waals surface area contributed by atoms with Gasteiger partial charge in [0.05, 0.1) is 36.6 Å². The van der Waals surface area contributed by atoms with Crippen LogP contribution in [0.15, 0.2) is 30.5 Å². The molecule has 0 aliphatic carbocycles. The Bertz CT molecular complexity index is 1510. The molecule has 6 rings (SSSR count). The topological polar surface area (TPSA) is 108 Å². The van der Waals surface area contributed by atoms with E-state index < -0.39 is 10.0 Å². The van der Waals surface area contributed by atoms with Gasteiger partial charge in [0.15, 0.2) is 5.82 Å². The molecule has 1 aromatic carbocycles. The number of H-pyrrole nitrogens is 1. The van der Waals surface area contributed by atoms with Gasteiger partial charge in [0.1, 0.15) is 10.6 Å². The molecule has 2 aliphatic rings. The minimum Gasteiger partial charge on any atom is -0.378 e. The normalized spacial score (nSPS) is 20.5. The number of rotatable bonds is 5. The lowest BCUT2D eigenvalue weighted by atomic mass is 10.1. The summed E-state index contributed by atoms with van der Waals surface area (Å²) in [5.41, 5.74) is 1.91. The molecule has 10 nitrogen and oxygen atoms in total. The van der Waals surface area contributed by atoms with Crippen LogP contribution < -0.4 is 4.90 Å². The van der Waals surface area contributed by atoms with Crippen LogP contribution in [0.4, 0.5) is 5.82 Å². The van der Waals surface area contributed by atoms with E-state index in [1.54, 1.807) is 15.6 Å². The molecule has 0 saturated carbocycles. The molecule has 4 aromatic rings. The smallest absolute Gasteiger partial charge is 0.211 e. The summed E-state index contributed by atoms with van der Waals surface area (Å²) in [5, 5.41) is 9.30. The SMILES string of the molecule is C[C@H]1CN(Cc2cc3c(N4CCOCC4)nc(-c4cccc5[nH]ncc45)nc3s2)CCN1S(C)(=O)=O. The summed E-state index contributed by atoms with van der Waals surface area (Å²) in [5.74, 6) is 1.64. The number of fused-ring (bicyclic) bond motifs is 2. The van der Waals surface area contributed by atoms with Crippen LogP contribution in [0.3, 0.4) is 0 Å². The minimum absolute atomic E-state index is 0.0473. The van der Waals surface area contributed by atoms with Crippen molar-refractivity contribution < 1.29 is 13.2 Å². The van der Waals surface area contributed by atoms with E-state index in [1.165, 1.54) is 11.1 Å². The Morgan fingerprint density at radius 3 is 2.75 bits per heavy atom. The van der Waals surface area contributed by atoms with Gasteiger partial charge in [-0.1, -0.05) is 12.1 Å². The van der Waals surface area contributed by atoms with Crippen LogP contribution in [-0.2, 0) is 21.3 Å². The molecule has 190 valence electrons. The maximum atomic E-state index is 12.1. The largest absolute Gasteiger partial charge is 0.378 e. The summed E-state index contributed by atoms with van der Waals surface area (Å²) >= 11 is 1.69.